The number of methoxy groups -OCH3 is 1. The number of benzene rings is 2. The molecule has 0 unspecified atom stereocenters. The van der Waals surface area contributed by atoms with Crippen LogP contribution in [0.3, 0.4) is 0 Å². The van der Waals surface area contributed by atoms with E-state index in [0.29, 0.717) is 5.96 Å². The predicted octanol–water partition coefficient (Wildman–Crippen LogP) is 3.41. The lowest BCUT2D eigenvalue weighted by Crippen LogP contribution is -2.40. The van der Waals surface area contributed by atoms with Crippen molar-refractivity contribution in [1.29, 1.82) is 0 Å². The number of guanidine groups is 1. The molecule has 0 radical (unpaired) electrons. The van der Waals surface area contributed by atoms with Gasteiger partial charge in [0.15, 0.2) is 15.8 Å². The molecule has 2 aromatic rings. The molecule has 0 fully saturated rings. The quantitative estimate of drug-likeness (QED) is 0.206. The normalized spacial score (nSPS) is 11.5. The van der Waals surface area contributed by atoms with Crippen LogP contribution in [0.1, 0.15) is 18.4 Å². The minimum Gasteiger partial charge on any atom is -0.497 e. The van der Waals surface area contributed by atoms with E-state index in [1.165, 1.54) is 23.8 Å². The third-order valence-electron chi connectivity index (χ3n) is 4.40. The number of halogens is 2. The molecule has 0 saturated carbocycles. The van der Waals surface area contributed by atoms with Gasteiger partial charge in [0.2, 0.25) is 0 Å². The van der Waals surface area contributed by atoms with Crippen molar-refractivity contribution < 1.29 is 17.5 Å². The fourth-order valence-electron chi connectivity index (χ4n) is 2.78. The Hall–Kier alpha value is -1.88. The van der Waals surface area contributed by atoms with E-state index in [4.69, 9.17) is 4.74 Å². The maximum absolute atomic E-state index is 13.7. The SMILES string of the molecule is CN=C(NCCCCc1ccc(OC)cc1)NCCS(=O)(=O)c1ccccc1F.I. The number of nitrogens with zero attached hydrogens (tertiary/aromatic N) is 1. The van der Waals surface area contributed by atoms with Crippen LogP contribution in [0.15, 0.2) is 58.4 Å². The molecule has 166 valence electrons. The summed E-state index contributed by atoms with van der Waals surface area (Å²) >= 11 is 0. The molecule has 2 rings (SSSR count). The van der Waals surface area contributed by atoms with Crippen molar-refractivity contribution in [3.8, 4) is 5.75 Å². The number of unbranched alkanes of at least 4 members (excludes halogenated alkanes) is 1. The Labute approximate surface area is 195 Å². The van der Waals surface area contributed by atoms with Crippen LogP contribution >= 0.6 is 24.0 Å². The van der Waals surface area contributed by atoms with E-state index < -0.39 is 15.7 Å². The molecule has 0 amide bonds. The van der Waals surface area contributed by atoms with Gasteiger partial charge in [0, 0.05) is 20.1 Å². The minimum absolute atomic E-state index is 0. The fraction of sp³-hybridized carbons (Fsp3) is 0.381. The number of aryl methyl sites for hydroxylation is 1. The van der Waals surface area contributed by atoms with Crippen LogP contribution in [0.25, 0.3) is 0 Å². The molecule has 9 heteroatoms. The summed E-state index contributed by atoms with van der Waals surface area (Å²) in [6.07, 6.45) is 2.93. The second-order valence-corrected chi connectivity index (χ2v) is 8.56. The molecular formula is C21H29FIN3O3S. The summed E-state index contributed by atoms with van der Waals surface area (Å²) in [5.74, 6) is 0.430. The number of rotatable bonds is 10. The van der Waals surface area contributed by atoms with E-state index in [-0.39, 0.29) is 41.2 Å². The number of hydrogen-bond donors (Lipinski definition) is 2. The van der Waals surface area contributed by atoms with Crippen LogP contribution in [0.4, 0.5) is 4.39 Å². The lowest BCUT2D eigenvalue weighted by molar-refractivity contribution is 0.414. The third-order valence-corrected chi connectivity index (χ3v) is 6.15. The van der Waals surface area contributed by atoms with E-state index in [9.17, 15) is 12.8 Å². The van der Waals surface area contributed by atoms with Crippen LogP contribution in [-0.2, 0) is 16.3 Å². The van der Waals surface area contributed by atoms with Gasteiger partial charge in [0.25, 0.3) is 0 Å². The summed E-state index contributed by atoms with van der Waals surface area (Å²) < 4.78 is 43.3. The Morgan fingerprint density at radius 3 is 2.33 bits per heavy atom. The zero-order valence-corrected chi connectivity index (χ0v) is 20.4. The highest BCUT2D eigenvalue weighted by atomic mass is 127. The Morgan fingerprint density at radius 2 is 1.70 bits per heavy atom. The molecule has 0 saturated heterocycles. The van der Waals surface area contributed by atoms with Gasteiger partial charge in [-0.25, -0.2) is 12.8 Å². The van der Waals surface area contributed by atoms with Gasteiger partial charge in [-0.1, -0.05) is 24.3 Å². The van der Waals surface area contributed by atoms with Crippen molar-refractivity contribution in [3.63, 3.8) is 0 Å². The molecule has 2 N–H and O–H groups in total. The van der Waals surface area contributed by atoms with Crippen LogP contribution in [0, 0.1) is 5.82 Å². The first kappa shape index (κ1) is 26.2. The molecule has 0 aliphatic carbocycles. The van der Waals surface area contributed by atoms with Crippen molar-refractivity contribution in [3.05, 3.63) is 59.9 Å². The van der Waals surface area contributed by atoms with E-state index in [0.717, 1.165) is 37.6 Å². The van der Waals surface area contributed by atoms with Gasteiger partial charge in [-0.05, 0) is 49.1 Å². The Balaban J connectivity index is 0.00000450. The van der Waals surface area contributed by atoms with Crippen LogP contribution in [0.5, 0.6) is 5.75 Å². The summed E-state index contributed by atoms with van der Waals surface area (Å²) in [4.78, 5) is 3.81. The second-order valence-electron chi connectivity index (χ2n) is 6.48. The molecule has 0 aliphatic heterocycles. The molecule has 0 bridgehead atoms. The van der Waals surface area contributed by atoms with Gasteiger partial charge in [-0.3, -0.25) is 4.99 Å². The number of ether oxygens (including phenoxy) is 1. The number of aliphatic imine (C=N–C) groups is 1. The minimum atomic E-state index is -3.69. The van der Waals surface area contributed by atoms with Gasteiger partial charge in [-0.15, -0.1) is 24.0 Å². The summed E-state index contributed by atoms with van der Waals surface area (Å²) in [5, 5.41) is 6.12. The molecule has 0 atom stereocenters. The highest BCUT2D eigenvalue weighted by Crippen LogP contribution is 2.15. The van der Waals surface area contributed by atoms with Crippen molar-refractivity contribution in [2.24, 2.45) is 4.99 Å². The first-order chi connectivity index (χ1) is 14.0. The Morgan fingerprint density at radius 1 is 1.03 bits per heavy atom. The molecule has 30 heavy (non-hydrogen) atoms. The number of nitrogens with one attached hydrogen (secondary N) is 2. The molecule has 6 nitrogen and oxygen atoms in total. The molecule has 2 aromatic carbocycles. The average molecular weight is 549 g/mol. The van der Waals surface area contributed by atoms with Crippen molar-refractivity contribution in [1.82, 2.24) is 10.6 Å². The zero-order valence-electron chi connectivity index (χ0n) is 17.2. The van der Waals surface area contributed by atoms with Gasteiger partial charge >= 0.3 is 0 Å². The maximum Gasteiger partial charge on any atom is 0.191 e. The standard InChI is InChI=1S/C21H28FN3O3S.HI/c1-23-21(24-14-6-5-7-17-10-12-18(28-2)13-11-17)25-15-16-29(26,27)20-9-4-3-8-19(20)22;/h3-4,8-13H,5-7,14-16H2,1-2H3,(H2,23,24,25);1H. The van der Waals surface area contributed by atoms with Crippen LogP contribution in [0.2, 0.25) is 0 Å². The zero-order chi connectivity index (χ0) is 21.1. The lowest BCUT2D eigenvalue weighted by atomic mass is 10.1. The molecule has 0 spiro atoms. The highest BCUT2D eigenvalue weighted by molar-refractivity contribution is 14.0. The molecule has 0 aromatic heterocycles. The van der Waals surface area contributed by atoms with Crippen molar-refractivity contribution >= 4 is 39.8 Å². The first-order valence-electron chi connectivity index (χ1n) is 9.51. The number of sulfone groups is 1. The molecule has 0 aliphatic rings. The monoisotopic (exact) mass is 549 g/mol. The van der Waals surface area contributed by atoms with Gasteiger partial charge in [0.05, 0.1) is 12.9 Å². The van der Waals surface area contributed by atoms with Gasteiger partial charge in [0.1, 0.15) is 16.5 Å². The largest absolute Gasteiger partial charge is 0.497 e. The van der Waals surface area contributed by atoms with Crippen LogP contribution < -0.4 is 15.4 Å². The van der Waals surface area contributed by atoms with E-state index in [1.807, 2.05) is 12.1 Å². The Bertz CT molecular complexity index is 906. The summed E-state index contributed by atoms with van der Waals surface area (Å²) in [5.41, 5.74) is 1.26. The molecular weight excluding hydrogens is 520 g/mol. The topological polar surface area (TPSA) is 79.8 Å². The number of hydrogen-bond acceptors (Lipinski definition) is 4. The summed E-state index contributed by atoms with van der Waals surface area (Å²) in [6, 6.07) is 13.4. The average Bonchev–Trinajstić information content (AvgIpc) is 2.72. The predicted molar refractivity (Wildman–Crippen MR) is 129 cm³/mol. The van der Waals surface area contributed by atoms with Gasteiger partial charge in [-0.2, -0.15) is 0 Å². The fourth-order valence-corrected chi connectivity index (χ4v) is 4.03. The highest BCUT2D eigenvalue weighted by Gasteiger charge is 2.18. The Kier molecular flexibility index (Phi) is 11.7. The summed E-state index contributed by atoms with van der Waals surface area (Å²) in [7, 11) is -0.416. The molecule has 0 heterocycles. The van der Waals surface area contributed by atoms with E-state index in [1.54, 1.807) is 14.2 Å². The van der Waals surface area contributed by atoms with E-state index >= 15 is 0 Å². The first-order valence-corrected chi connectivity index (χ1v) is 11.2. The second kappa shape index (κ2) is 13.4. The maximum atomic E-state index is 13.7. The lowest BCUT2D eigenvalue weighted by Gasteiger charge is -2.12. The van der Waals surface area contributed by atoms with Gasteiger partial charge < -0.3 is 15.4 Å². The smallest absolute Gasteiger partial charge is 0.191 e. The van der Waals surface area contributed by atoms with Crippen LogP contribution in [-0.4, -0.2) is 47.4 Å². The van der Waals surface area contributed by atoms with Crippen molar-refractivity contribution in [2.45, 2.75) is 24.2 Å². The van der Waals surface area contributed by atoms with E-state index in [2.05, 4.69) is 27.8 Å². The van der Waals surface area contributed by atoms with Crippen molar-refractivity contribution in [2.75, 3.05) is 33.0 Å². The summed E-state index contributed by atoms with van der Waals surface area (Å²) in [6.45, 7) is 0.859. The third kappa shape index (κ3) is 8.47.